The van der Waals surface area contributed by atoms with Gasteiger partial charge in [0.05, 0.1) is 0 Å². The van der Waals surface area contributed by atoms with E-state index in [0.29, 0.717) is 5.52 Å². The van der Waals surface area contributed by atoms with Crippen LogP contribution >= 0.6 is 15.9 Å². The number of benzene rings is 2. The highest BCUT2D eigenvalue weighted by molar-refractivity contribution is 9.10. The lowest BCUT2D eigenvalue weighted by Gasteiger charge is -2.28. The molecule has 2 aromatic carbocycles. The fraction of sp³-hybridized carbons (Fsp3) is 0.321. The number of ether oxygens (including phenoxy) is 1. The molecular weight excluding hydrogens is 490 g/mol. The number of H-pyrrole nitrogens is 1. The second-order valence-electron chi connectivity index (χ2n) is 9.40. The molecule has 1 aliphatic rings. The van der Waals surface area contributed by atoms with Gasteiger partial charge in [-0.3, -0.25) is 4.79 Å². The van der Waals surface area contributed by atoms with Crippen LogP contribution in [0.3, 0.4) is 0 Å². The molecule has 4 aromatic rings. The van der Waals surface area contributed by atoms with E-state index in [1.165, 1.54) is 37.9 Å². The van der Waals surface area contributed by atoms with Crippen LogP contribution in [0.25, 0.3) is 22.0 Å². The zero-order valence-electron chi connectivity index (χ0n) is 19.7. The summed E-state index contributed by atoms with van der Waals surface area (Å²) in [6, 6.07) is 16.4. The Morgan fingerprint density at radius 3 is 2.56 bits per heavy atom. The lowest BCUT2D eigenvalue weighted by molar-refractivity contribution is 0.212. The third-order valence-corrected chi connectivity index (χ3v) is 7.45. The van der Waals surface area contributed by atoms with Gasteiger partial charge in [-0.25, -0.2) is 0 Å². The van der Waals surface area contributed by atoms with Crippen molar-refractivity contribution in [3.8, 4) is 22.6 Å². The van der Waals surface area contributed by atoms with Crippen molar-refractivity contribution in [2.75, 3.05) is 20.1 Å². The molecular formula is C28H30BrN3O2. The fourth-order valence-corrected chi connectivity index (χ4v) is 5.22. The molecule has 1 saturated heterocycles. The number of aryl methyl sites for hydroxylation is 2. The molecule has 34 heavy (non-hydrogen) atoms. The van der Waals surface area contributed by atoms with Crippen LogP contribution in [0.1, 0.15) is 24.8 Å². The summed E-state index contributed by atoms with van der Waals surface area (Å²) in [4.78, 5) is 18.0. The van der Waals surface area contributed by atoms with Crippen molar-refractivity contribution >= 4 is 26.8 Å². The summed E-state index contributed by atoms with van der Waals surface area (Å²) in [6.07, 6.45) is 8.66. The molecule has 1 N–H and O–H groups in total. The highest BCUT2D eigenvalue weighted by Gasteiger charge is 2.17. The Morgan fingerprint density at radius 2 is 1.79 bits per heavy atom. The Balaban J connectivity index is 1.36. The van der Waals surface area contributed by atoms with Crippen LogP contribution in [-0.4, -0.2) is 34.6 Å². The van der Waals surface area contributed by atoms with Crippen molar-refractivity contribution in [2.45, 2.75) is 25.7 Å². The van der Waals surface area contributed by atoms with E-state index in [0.717, 1.165) is 44.8 Å². The van der Waals surface area contributed by atoms with E-state index >= 15 is 0 Å². The van der Waals surface area contributed by atoms with Gasteiger partial charge in [-0.05, 0) is 93.7 Å². The topological polar surface area (TPSA) is 50.3 Å². The lowest BCUT2D eigenvalue weighted by Crippen LogP contribution is -2.30. The zero-order valence-corrected chi connectivity index (χ0v) is 21.3. The minimum Gasteiger partial charge on any atom is -0.457 e. The van der Waals surface area contributed by atoms with Gasteiger partial charge in [0.15, 0.2) is 0 Å². The van der Waals surface area contributed by atoms with E-state index in [1.54, 1.807) is 17.8 Å². The summed E-state index contributed by atoms with van der Waals surface area (Å²) in [5, 5.41) is 0.885. The molecule has 1 aliphatic heterocycles. The SMILES string of the molecule is CN1CCC(CCc2ccc(Oc3ccc(Br)cc3-c3cn(C)c(=O)c4[nH]ccc34)cc2)CC1. The number of likely N-dealkylation sites (tertiary alicyclic amines) is 1. The Kier molecular flexibility index (Phi) is 6.61. The number of nitrogens with zero attached hydrogens (tertiary/aromatic N) is 2. The maximum absolute atomic E-state index is 12.5. The van der Waals surface area contributed by atoms with E-state index in [1.807, 2.05) is 30.5 Å². The maximum Gasteiger partial charge on any atom is 0.274 e. The average Bonchev–Trinajstić information content (AvgIpc) is 3.33. The summed E-state index contributed by atoms with van der Waals surface area (Å²) in [6.45, 7) is 2.44. The molecule has 0 aliphatic carbocycles. The first-order valence-electron chi connectivity index (χ1n) is 11.9. The van der Waals surface area contributed by atoms with Gasteiger partial charge >= 0.3 is 0 Å². The molecule has 2 aromatic heterocycles. The highest BCUT2D eigenvalue weighted by atomic mass is 79.9. The number of rotatable bonds is 6. The quantitative estimate of drug-likeness (QED) is 0.322. The van der Waals surface area contributed by atoms with Gasteiger partial charge < -0.3 is 19.2 Å². The van der Waals surface area contributed by atoms with Crippen molar-refractivity contribution in [2.24, 2.45) is 13.0 Å². The third kappa shape index (κ3) is 4.84. The smallest absolute Gasteiger partial charge is 0.274 e. The number of halogens is 1. The molecule has 3 heterocycles. The minimum atomic E-state index is -0.0444. The fourth-order valence-electron chi connectivity index (χ4n) is 4.86. The highest BCUT2D eigenvalue weighted by Crippen LogP contribution is 2.38. The molecule has 0 radical (unpaired) electrons. The molecule has 0 atom stereocenters. The van der Waals surface area contributed by atoms with Crippen LogP contribution in [0, 0.1) is 5.92 Å². The number of pyridine rings is 1. The second kappa shape index (κ2) is 9.80. The van der Waals surface area contributed by atoms with Crippen molar-refractivity contribution in [1.82, 2.24) is 14.5 Å². The molecule has 0 unspecified atom stereocenters. The van der Waals surface area contributed by atoms with Gasteiger partial charge in [-0.15, -0.1) is 0 Å². The van der Waals surface area contributed by atoms with E-state index in [4.69, 9.17) is 4.74 Å². The first kappa shape index (κ1) is 22.9. The van der Waals surface area contributed by atoms with E-state index in [2.05, 4.69) is 57.1 Å². The third-order valence-electron chi connectivity index (χ3n) is 6.96. The molecule has 6 heteroatoms. The van der Waals surface area contributed by atoms with Crippen LogP contribution < -0.4 is 10.3 Å². The number of aromatic nitrogens is 2. The van der Waals surface area contributed by atoms with E-state index in [-0.39, 0.29) is 5.56 Å². The number of nitrogens with one attached hydrogen (secondary N) is 1. The van der Waals surface area contributed by atoms with Crippen LogP contribution in [0.4, 0.5) is 0 Å². The second-order valence-corrected chi connectivity index (χ2v) is 10.3. The van der Waals surface area contributed by atoms with Crippen molar-refractivity contribution in [3.05, 3.63) is 81.3 Å². The number of aromatic amines is 1. The Bertz CT molecular complexity index is 1350. The van der Waals surface area contributed by atoms with Crippen LogP contribution in [-0.2, 0) is 13.5 Å². The van der Waals surface area contributed by atoms with Gasteiger partial charge in [0.1, 0.15) is 17.0 Å². The van der Waals surface area contributed by atoms with Gasteiger partial charge in [-0.1, -0.05) is 28.1 Å². The number of hydrogen-bond donors (Lipinski definition) is 1. The molecule has 0 amide bonds. The summed E-state index contributed by atoms with van der Waals surface area (Å²) in [5.74, 6) is 2.40. The average molecular weight is 520 g/mol. The Morgan fingerprint density at radius 1 is 1.03 bits per heavy atom. The molecule has 5 rings (SSSR count). The summed E-state index contributed by atoms with van der Waals surface area (Å²) in [7, 11) is 3.99. The van der Waals surface area contributed by atoms with Crippen LogP contribution in [0.2, 0.25) is 0 Å². The Hall–Kier alpha value is -2.83. The lowest BCUT2D eigenvalue weighted by atomic mass is 9.91. The molecule has 0 bridgehead atoms. The summed E-state index contributed by atoms with van der Waals surface area (Å²) in [5.41, 5.74) is 3.79. The first-order valence-corrected chi connectivity index (χ1v) is 12.7. The first-order chi connectivity index (χ1) is 16.5. The summed E-state index contributed by atoms with van der Waals surface area (Å²) >= 11 is 3.60. The van der Waals surface area contributed by atoms with Crippen molar-refractivity contribution in [3.63, 3.8) is 0 Å². The Labute approximate surface area is 208 Å². The van der Waals surface area contributed by atoms with Gasteiger partial charge in [0.2, 0.25) is 0 Å². The van der Waals surface area contributed by atoms with E-state index < -0.39 is 0 Å². The zero-order chi connectivity index (χ0) is 23.7. The largest absolute Gasteiger partial charge is 0.457 e. The van der Waals surface area contributed by atoms with Crippen LogP contribution in [0.5, 0.6) is 11.5 Å². The van der Waals surface area contributed by atoms with Gasteiger partial charge in [0, 0.05) is 40.4 Å². The van der Waals surface area contributed by atoms with Crippen LogP contribution in [0.15, 0.2) is 70.2 Å². The maximum atomic E-state index is 12.5. The molecule has 0 saturated carbocycles. The number of fused-ring (bicyclic) bond motifs is 1. The van der Waals surface area contributed by atoms with E-state index in [9.17, 15) is 4.79 Å². The minimum absolute atomic E-state index is 0.0444. The van der Waals surface area contributed by atoms with Gasteiger partial charge in [0.25, 0.3) is 5.56 Å². The molecule has 5 nitrogen and oxygen atoms in total. The standard InChI is InChI=1S/C28H30BrN3O2/c1-31-15-12-20(13-16-31)4-3-19-5-8-22(9-6-19)34-26-10-7-21(29)17-24(26)25-18-32(2)28(33)27-23(25)11-14-30-27/h5-11,14,17-18,20,30H,3-4,12-13,15-16H2,1-2H3. The summed E-state index contributed by atoms with van der Waals surface area (Å²) < 4.78 is 8.92. The molecule has 176 valence electrons. The predicted octanol–water partition coefficient (Wildman–Crippen LogP) is 6.36. The van der Waals surface area contributed by atoms with Crippen molar-refractivity contribution in [1.29, 1.82) is 0 Å². The predicted molar refractivity (Wildman–Crippen MR) is 142 cm³/mol. The molecule has 1 fully saturated rings. The van der Waals surface area contributed by atoms with Gasteiger partial charge in [-0.2, -0.15) is 0 Å². The van der Waals surface area contributed by atoms with Crippen molar-refractivity contribution < 1.29 is 4.74 Å². The molecule has 0 spiro atoms. The monoisotopic (exact) mass is 519 g/mol. The number of piperidine rings is 1. The normalized spacial score (nSPS) is 15.1. The number of hydrogen-bond acceptors (Lipinski definition) is 3.